The molecule has 22 heavy (non-hydrogen) atoms. The van der Waals surface area contributed by atoms with E-state index in [0.717, 1.165) is 39.3 Å². The standard InChI is InChI=1S/C15H21N3O4/c19-13-5-2-1-4-12(13)17-15(21)14(20)16-6-3-7-18-8-10-22-11-9-18/h1-2,4-5,19H,3,6-11H2,(H,16,20)(H,17,21). The summed E-state index contributed by atoms with van der Waals surface area (Å²) in [6.45, 7) is 4.60. The van der Waals surface area contributed by atoms with Crippen molar-refractivity contribution in [3.05, 3.63) is 24.3 Å². The van der Waals surface area contributed by atoms with Gasteiger partial charge < -0.3 is 20.5 Å². The summed E-state index contributed by atoms with van der Waals surface area (Å²) in [5, 5.41) is 14.5. The highest BCUT2D eigenvalue weighted by Crippen LogP contribution is 2.21. The number of ether oxygens (including phenoxy) is 1. The number of hydrogen-bond donors (Lipinski definition) is 3. The van der Waals surface area contributed by atoms with E-state index in [-0.39, 0.29) is 11.4 Å². The molecule has 0 aromatic heterocycles. The number of para-hydroxylation sites is 2. The number of nitrogens with zero attached hydrogens (tertiary/aromatic N) is 1. The number of aromatic hydroxyl groups is 1. The number of rotatable bonds is 5. The second-order valence-electron chi connectivity index (χ2n) is 5.03. The summed E-state index contributed by atoms with van der Waals surface area (Å²) in [5.41, 5.74) is 0.218. The molecule has 1 fully saturated rings. The van der Waals surface area contributed by atoms with Gasteiger partial charge in [-0.2, -0.15) is 0 Å². The van der Waals surface area contributed by atoms with E-state index >= 15 is 0 Å². The van der Waals surface area contributed by atoms with Gasteiger partial charge in [-0.15, -0.1) is 0 Å². The number of benzene rings is 1. The number of phenols is 1. The summed E-state index contributed by atoms with van der Waals surface area (Å²) in [6, 6.07) is 6.26. The van der Waals surface area contributed by atoms with E-state index in [1.165, 1.54) is 12.1 Å². The molecule has 0 bridgehead atoms. The molecule has 0 spiro atoms. The number of hydrogen-bond acceptors (Lipinski definition) is 5. The first-order chi connectivity index (χ1) is 10.7. The second kappa shape index (κ2) is 8.35. The number of phenolic OH excluding ortho intramolecular Hbond substituents is 1. The Bertz CT molecular complexity index is 515. The van der Waals surface area contributed by atoms with Crippen molar-refractivity contribution >= 4 is 17.5 Å². The van der Waals surface area contributed by atoms with Gasteiger partial charge in [-0.05, 0) is 25.1 Å². The van der Waals surface area contributed by atoms with Crippen molar-refractivity contribution in [2.75, 3.05) is 44.7 Å². The molecular formula is C15H21N3O4. The summed E-state index contributed by atoms with van der Waals surface area (Å²) < 4.78 is 5.26. The summed E-state index contributed by atoms with van der Waals surface area (Å²) in [6.07, 6.45) is 0.773. The predicted octanol–water partition coefficient (Wildman–Crippen LogP) is 0.169. The Hall–Kier alpha value is -2.12. The zero-order valence-electron chi connectivity index (χ0n) is 12.4. The van der Waals surface area contributed by atoms with Gasteiger partial charge in [0.25, 0.3) is 0 Å². The zero-order valence-corrected chi connectivity index (χ0v) is 12.4. The molecule has 2 amide bonds. The summed E-state index contributed by atoms with van der Waals surface area (Å²) in [4.78, 5) is 25.6. The van der Waals surface area contributed by atoms with Gasteiger partial charge >= 0.3 is 11.8 Å². The first kappa shape index (κ1) is 16.3. The lowest BCUT2D eigenvalue weighted by atomic mass is 10.3. The molecule has 0 saturated carbocycles. The monoisotopic (exact) mass is 307 g/mol. The molecule has 1 saturated heterocycles. The van der Waals surface area contributed by atoms with E-state index in [4.69, 9.17) is 4.74 Å². The maximum atomic E-state index is 11.7. The molecule has 0 radical (unpaired) electrons. The van der Waals surface area contributed by atoms with Gasteiger partial charge in [-0.25, -0.2) is 0 Å². The lowest BCUT2D eigenvalue weighted by Gasteiger charge is -2.26. The topological polar surface area (TPSA) is 90.9 Å². The van der Waals surface area contributed by atoms with E-state index < -0.39 is 11.8 Å². The fraction of sp³-hybridized carbons (Fsp3) is 0.467. The fourth-order valence-corrected chi connectivity index (χ4v) is 2.17. The maximum Gasteiger partial charge on any atom is 0.313 e. The Balaban J connectivity index is 1.66. The molecule has 120 valence electrons. The first-order valence-electron chi connectivity index (χ1n) is 7.34. The number of amides is 2. The molecule has 0 atom stereocenters. The van der Waals surface area contributed by atoms with E-state index in [1.54, 1.807) is 12.1 Å². The van der Waals surface area contributed by atoms with Crippen molar-refractivity contribution < 1.29 is 19.4 Å². The molecule has 0 unspecified atom stereocenters. The molecule has 7 heteroatoms. The van der Waals surface area contributed by atoms with Crippen LogP contribution < -0.4 is 10.6 Å². The Kier molecular flexibility index (Phi) is 6.17. The second-order valence-corrected chi connectivity index (χ2v) is 5.03. The third-order valence-corrected chi connectivity index (χ3v) is 3.40. The van der Waals surface area contributed by atoms with Crippen LogP contribution in [0.25, 0.3) is 0 Å². The molecule has 2 rings (SSSR count). The minimum atomic E-state index is -0.784. The average Bonchev–Trinajstić information content (AvgIpc) is 2.54. The van der Waals surface area contributed by atoms with Gasteiger partial charge in [-0.1, -0.05) is 12.1 Å². The van der Waals surface area contributed by atoms with Crippen molar-refractivity contribution in [3.63, 3.8) is 0 Å². The van der Waals surface area contributed by atoms with Crippen LogP contribution in [0, 0.1) is 0 Å². The minimum absolute atomic E-state index is 0.0732. The number of anilines is 1. The molecule has 1 heterocycles. The zero-order chi connectivity index (χ0) is 15.8. The summed E-state index contributed by atoms with van der Waals surface area (Å²) in [7, 11) is 0. The highest BCUT2D eigenvalue weighted by molar-refractivity contribution is 6.39. The molecule has 1 aliphatic rings. The Morgan fingerprint density at radius 3 is 2.64 bits per heavy atom. The van der Waals surface area contributed by atoms with Crippen LogP contribution >= 0.6 is 0 Å². The van der Waals surface area contributed by atoms with Crippen molar-refractivity contribution in [1.82, 2.24) is 10.2 Å². The molecule has 7 nitrogen and oxygen atoms in total. The van der Waals surface area contributed by atoms with Crippen LogP contribution in [-0.2, 0) is 14.3 Å². The quantitative estimate of drug-likeness (QED) is 0.410. The SMILES string of the molecule is O=C(NCCCN1CCOCC1)C(=O)Nc1ccccc1O. The summed E-state index contributed by atoms with van der Waals surface area (Å²) >= 11 is 0. The minimum Gasteiger partial charge on any atom is -0.506 e. The predicted molar refractivity (Wildman–Crippen MR) is 81.6 cm³/mol. The number of carbonyl (C=O) groups excluding carboxylic acids is 2. The smallest absolute Gasteiger partial charge is 0.313 e. The largest absolute Gasteiger partial charge is 0.506 e. The lowest BCUT2D eigenvalue weighted by molar-refractivity contribution is -0.136. The Labute approximate surface area is 129 Å². The molecule has 0 aliphatic carbocycles. The van der Waals surface area contributed by atoms with Gasteiger partial charge in [-0.3, -0.25) is 14.5 Å². The Morgan fingerprint density at radius 2 is 1.91 bits per heavy atom. The van der Waals surface area contributed by atoms with Crippen LogP contribution in [0.5, 0.6) is 5.75 Å². The normalized spacial score (nSPS) is 15.3. The van der Waals surface area contributed by atoms with Crippen LogP contribution in [0.4, 0.5) is 5.69 Å². The van der Waals surface area contributed by atoms with Gasteiger partial charge in [0.05, 0.1) is 18.9 Å². The molecule has 1 aliphatic heterocycles. The molecule has 1 aromatic carbocycles. The third-order valence-electron chi connectivity index (χ3n) is 3.40. The number of nitrogens with one attached hydrogen (secondary N) is 2. The number of morpholine rings is 1. The van der Waals surface area contributed by atoms with E-state index in [9.17, 15) is 14.7 Å². The fourth-order valence-electron chi connectivity index (χ4n) is 2.17. The van der Waals surface area contributed by atoms with Crippen LogP contribution in [0.3, 0.4) is 0 Å². The average molecular weight is 307 g/mol. The van der Waals surface area contributed by atoms with Crippen LogP contribution in [0.2, 0.25) is 0 Å². The van der Waals surface area contributed by atoms with Gasteiger partial charge in [0.15, 0.2) is 0 Å². The highest BCUT2D eigenvalue weighted by atomic mass is 16.5. The van der Waals surface area contributed by atoms with E-state index in [1.807, 2.05) is 0 Å². The van der Waals surface area contributed by atoms with Crippen molar-refractivity contribution in [2.24, 2.45) is 0 Å². The van der Waals surface area contributed by atoms with Crippen LogP contribution in [0.15, 0.2) is 24.3 Å². The lowest BCUT2D eigenvalue weighted by Crippen LogP contribution is -2.39. The van der Waals surface area contributed by atoms with Crippen LogP contribution in [-0.4, -0.2) is 61.2 Å². The highest BCUT2D eigenvalue weighted by Gasteiger charge is 2.15. The Morgan fingerprint density at radius 1 is 1.18 bits per heavy atom. The molecular weight excluding hydrogens is 286 g/mol. The third kappa shape index (κ3) is 5.01. The van der Waals surface area contributed by atoms with E-state index in [0.29, 0.717) is 6.54 Å². The number of carbonyl (C=O) groups is 2. The van der Waals surface area contributed by atoms with Gasteiger partial charge in [0.2, 0.25) is 0 Å². The van der Waals surface area contributed by atoms with Crippen LogP contribution in [0.1, 0.15) is 6.42 Å². The van der Waals surface area contributed by atoms with Gasteiger partial charge in [0.1, 0.15) is 5.75 Å². The summed E-state index contributed by atoms with van der Waals surface area (Å²) in [5.74, 6) is -1.56. The van der Waals surface area contributed by atoms with Gasteiger partial charge in [0, 0.05) is 19.6 Å². The first-order valence-corrected chi connectivity index (χ1v) is 7.34. The molecule has 1 aromatic rings. The van der Waals surface area contributed by atoms with Crippen molar-refractivity contribution in [3.8, 4) is 5.75 Å². The van der Waals surface area contributed by atoms with Crippen molar-refractivity contribution in [2.45, 2.75) is 6.42 Å². The maximum absolute atomic E-state index is 11.7. The van der Waals surface area contributed by atoms with E-state index in [2.05, 4.69) is 15.5 Å². The van der Waals surface area contributed by atoms with Crippen molar-refractivity contribution in [1.29, 1.82) is 0 Å². The molecule has 3 N–H and O–H groups in total.